The number of nitrogens with one attached hydrogen (secondary N) is 4. The Bertz CT molecular complexity index is 2150. The lowest BCUT2D eigenvalue weighted by Crippen LogP contribution is -2.52. The Morgan fingerprint density at radius 3 is 2.41 bits per heavy atom. The number of aliphatic hydroxyl groups is 1. The Morgan fingerprint density at radius 2 is 1.64 bits per heavy atom. The van der Waals surface area contributed by atoms with Crippen LogP contribution in [-0.2, 0) is 22.6 Å². The second kappa shape index (κ2) is 18.3. The second-order valence-corrected chi connectivity index (χ2v) is 14.6. The largest absolute Gasteiger partial charge is 0.506 e. The highest BCUT2D eigenvalue weighted by atomic mass is 16.6. The summed E-state index contributed by atoms with van der Waals surface area (Å²) in [4.78, 5) is 42.5. The molecule has 5 aromatic rings. The van der Waals surface area contributed by atoms with E-state index in [1.165, 1.54) is 12.1 Å². The minimum Gasteiger partial charge on any atom is -0.506 e. The molecule has 292 valence electrons. The van der Waals surface area contributed by atoms with E-state index in [0.717, 1.165) is 54.7 Å². The first-order valence-corrected chi connectivity index (χ1v) is 19.3. The molecule has 3 saturated heterocycles. The number of ether oxygens (including phenoxy) is 2. The molecule has 0 spiro atoms. The van der Waals surface area contributed by atoms with Gasteiger partial charge in [-0.3, -0.25) is 14.5 Å². The van der Waals surface area contributed by atoms with Crippen molar-refractivity contribution in [2.24, 2.45) is 5.92 Å². The van der Waals surface area contributed by atoms with E-state index in [1.807, 2.05) is 78.9 Å². The molecule has 3 aliphatic heterocycles. The molecule has 0 aliphatic carbocycles. The first-order chi connectivity index (χ1) is 27.3. The SMILES string of the molecule is O=C(Cc1ccc(COc2cccc(C(NC(=O)OC3CN4CCC3CC4)c3ccccc3)c2)cc1)NCCCNCC(O)c1ccc(O)c2[nH]c(=O)ccc12. The predicted molar refractivity (Wildman–Crippen MR) is 213 cm³/mol. The summed E-state index contributed by atoms with van der Waals surface area (Å²) in [5.74, 6) is 0.969. The average molecular weight is 760 g/mol. The van der Waals surface area contributed by atoms with Crippen LogP contribution in [0.3, 0.4) is 0 Å². The van der Waals surface area contributed by atoms with Crippen molar-refractivity contribution in [3.8, 4) is 11.5 Å². The number of aromatic amines is 1. The number of fused-ring (bicyclic) bond motifs is 4. The molecule has 6 N–H and O–H groups in total. The number of carbonyl (C=O) groups excluding carboxylic acids is 2. The summed E-state index contributed by atoms with van der Waals surface area (Å²) in [7, 11) is 0. The van der Waals surface area contributed by atoms with Crippen LogP contribution in [0.2, 0.25) is 0 Å². The number of hydrogen-bond donors (Lipinski definition) is 6. The number of amides is 2. The van der Waals surface area contributed by atoms with Crippen molar-refractivity contribution < 1.29 is 29.3 Å². The zero-order valence-corrected chi connectivity index (χ0v) is 31.3. The predicted octanol–water partition coefficient (Wildman–Crippen LogP) is 5.09. The van der Waals surface area contributed by atoms with Crippen LogP contribution in [0.15, 0.2) is 108 Å². The van der Waals surface area contributed by atoms with Crippen molar-refractivity contribution in [2.75, 3.05) is 39.3 Å². The molecule has 8 rings (SSSR count). The molecule has 2 bridgehead atoms. The van der Waals surface area contributed by atoms with Gasteiger partial charge in [0.25, 0.3) is 0 Å². The van der Waals surface area contributed by atoms with Crippen LogP contribution >= 0.6 is 0 Å². The highest BCUT2D eigenvalue weighted by Crippen LogP contribution is 2.31. The number of hydrogen-bond acceptors (Lipinski definition) is 9. The normalized spacial score (nSPS) is 18.6. The fraction of sp³-hybridized carbons (Fsp3) is 0.341. The number of benzene rings is 4. The zero-order chi connectivity index (χ0) is 38.9. The van der Waals surface area contributed by atoms with Gasteiger partial charge in [-0.15, -0.1) is 0 Å². The maximum Gasteiger partial charge on any atom is 0.408 e. The molecule has 4 heterocycles. The van der Waals surface area contributed by atoms with Crippen LogP contribution in [-0.4, -0.2) is 77.5 Å². The molecule has 3 fully saturated rings. The Balaban J connectivity index is 0.843. The number of rotatable bonds is 16. The van der Waals surface area contributed by atoms with Gasteiger partial charge >= 0.3 is 6.09 Å². The highest BCUT2D eigenvalue weighted by molar-refractivity contribution is 5.87. The maximum absolute atomic E-state index is 13.2. The van der Waals surface area contributed by atoms with E-state index in [9.17, 15) is 24.6 Å². The standard InChI is InChI=1S/C44H49N5O7/c50-37-16-14-35(36-15-17-40(52)47-43(36)37)38(51)26-45-20-5-21-46-41(53)24-29-10-12-30(13-11-29)28-55-34-9-4-8-33(25-34)42(32-6-2-1-3-7-32)48-44(54)56-39-27-49-22-18-31(39)19-23-49/h1-4,6-17,25,31,38-39,42,45,50-51H,5,18-24,26-28H2,(H,46,53)(H,47,52)(H,48,54). The lowest BCUT2D eigenvalue weighted by atomic mass is 9.86. The van der Waals surface area contributed by atoms with Gasteiger partial charge in [-0.05, 0) is 96.9 Å². The second-order valence-electron chi connectivity index (χ2n) is 14.6. The number of aromatic nitrogens is 1. The summed E-state index contributed by atoms with van der Waals surface area (Å²) < 4.78 is 12.1. The van der Waals surface area contributed by atoms with Crippen LogP contribution < -0.4 is 26.2 Å². The number of nitrogens with zero attached hydrogens (tertiary/aromatic N) is 1. The van der Waals surface area contributed by atoms with Crippen LogP contribution in [0.1, 0.15) is 59.2 Å². The Hall–Kier alpha value is -5.69. The number of phenolic OH excluding ortho intramolecular Hbond substituents is 1. The average Bonchev–Trinajstić information content (AvgIpc) is 3.22. The number of H-pyrrole nitrogens is 1. The summed E-state index contributed by atoms with van der Waals surface area (Å²) in [5.41, 5.74) is 4.24. The molecular weight excluding hydrogens is 711 g/mol. The van der Waals surface area contributed by atoms with E-state index in [4.69, 9.17) is 9.47 Å². The van der Waals surface area contributed by atoms with Crippen molar-refractivity contribution in [2.45, 2.75) is 50.5 Å². The Labute approximate surface area is 325 Å². The number of aromatic hydroxyl groups is 1. The van der Waals surface area contributed by atoms with Crippen molar-refractivity contribution in [1.29, 1.82) is 0 Å². The van der Waals surface area contributed by atoms with Gasteiger partial charge in [0.05, 0.1) is 24.1 Å². The van der Waals surface area contributed by atoms with Gasteiger partial charge in [0.1, 0.15) is 24.2 Å². The van der Waals surface area contributed by atoms with Crippen molar-refractivity contribution in [1.82, 2.24) is 25.8 Å². The number of pyridine rings is 1. The topological polar surface area (TPSA) is 165 Å². The number of carbonyl (C=O) groups is 2. The number of piperidine rings is 3. The lowest BCUT2D eigenvalue weighted by molar-refractivity contribution is -0.120. The molecule has 3 atom stereocenters. The fourth-order valence-corrected chi connectivity index (χ4v) is 7.63. The van der Waals surface area contributed by atoms with Gasteiger partial charge in [0.2, 0.25) is 11.5 Å². The highest BCUT2D eigenvalue weighted by Gasteiger charge is 2.37. The third-order valence-electron chi connectivity index (χ3n) is 10.7. The van der Waals surface area contributed by atoms with Gasteiger partial charge in [-0.25, -0.2) is 4.79 Å². The van der Waals surface area contributed by atoms with Crippen LogP contribution in [0.25, 0.3) is 10.9 Å². The van der Waals surface area contributed by atoms with Crippen LogP contribution in [0.5, 0.6) is 11.5 Å². The molecule has 0 saturated carbocycles. The minimum absolute atomic E-state index is 0.0531. The molecule has 56 heavy (non-hydrogen) atoms. The minimum atomic E-state index is -0.844. The molecular formula is C44H49N5O7. The molecule has 3 unspecified atom stereocenters. The van der Waals surface area contributed by atoms with Crippen molar-refractivity contribution in [3.05, 3.63) is 141 Å². The first-order valence-electron chi connectivity index (χ1n) is 19.3. The Morgan fingerprint density at radius 1 is 0.875 bits per heavy atom. The first kappa shape index (κ1) is 38.6. The number of alkyl carbamates (subject to hydrolysis) is 1. The summed E-state index contributed by atoms with van der Waals surface area (Å²) in [5, 5.41) is 30.6. The molecule has 3 aliphatic rings. The molecule has 4 aromatic carbocycles. The van der Waals surface area contributed by atoms with Crippen molar-refractivity contribution in [3.63, 3.8) is 0 Å². The summed E-state index contributed by atoms with van der Waals surface area (Å²) in [6.07, 6.45) is 1.73. The van der Waals surface area contributed by atoms with E-state index < -0.39 is 18.2 Å². The van der Waals surface area contributed by atoms with Gasteiger partial charge in [0.15, 0.2) is 0 Å². The van der Waals surface area contributed by atoms with E-state index in [0.29, 0.717) is 54.3 Å². The van der Waals surface area contributed by atoms with Gasteiger partial charge in [-0.2, -0.15) is 0 Å². The number of phenols is 1. The zero-order valence-electron chi connectivity index (χ0n) is 31.3. The van der Waals surface area contributed by atoms with E-state index in [2.05, 4.69) is 25.8 Å². The van der Waals surface area contributed by atoms with Gasteiger partial charge in [0, 0.05) is 31.1 Å². The number of aliphatic hydroxyl groups excluding tert-OH is 1. The third-order valence-corrected chi connectivity index (χ3v) is 10.7. The monoisotopic (exact) mass is 759 g/mol. The lowest BCUT2D eigenvalue weighted by Gasteiger charge is -2.43. The molecule has 0 radical (unpaired) electrons. The fourth-order valence-electron chi connectivity index (χ4n) is 7.63. The van der Waals surface area contributed by atoms with E-state index in [-0.39, 0.29) is 36.3 Å². The molecule has 2 amide bonds. The quantitative estimate of drug-likeness (QED) is 0.0752. The van der Waals surface area contributed by atoms with Crippen LogP contribution in [0.4, 0.5) is 4.79 Å². The molecule has 12 nitrogen and oxygen atoms in total. The Kier molecular flexibility index (Phi) is 12.6. The smallest absolute Gasteiger partial charge is 0.408 e. The van der Waals surface area contributed by atoms with Gasteiger partial charge in [-0.1, -0.05) is 72.8 Å². The third kappa shape index (κ3) is 9.94. The summed E-state index contributed by atoms with van der Waals surface area (Å²) in [6.45, 7) is 4.64. The van der Waals surface area contributed by atoms with E-state index in [1.54, 1.807) is 12.1 Å². The van der Waals surface area contributed by atoms with E-state index >= 15 is 0 Å². The van der Waals surface area contributed by atoms with Crippen LogP contribution in [0, 0.1) is 5.92 Å². The summed E-state index contributed by atoms with van der Waals surface area (Å²) in [6, 6.07) is 31.0. The van der Waals surface area contributed by atoms with Crippen molar-refractivity contribution >= 4 is 22.9 Å². The molecule has 12 heteroatoms. The maximum atomic E-state index is 13.2. The molecule has 1 aromatic heterocycles. The summed E-state index contributed by atoms with van der Waals surface area (Å²) >= 11 is 0. The van der Waals surface area contributed by atoms with Gasteiger partial charge < -0.3 is 40.6 Å².